The van der Waals surface area contributed by atoms with Crippen LogP contribution in [-0.2, 0) is 11.3 Å². The van der Waals surface area contributed by atoms with Crippen molar-refractivity contribution in [2.75, 3.05) is 6.54 Å². The molecule has 1 saturated heterocycles. The average Bonchev–Trinajstić information content (AvgIpc) is 3.03. The highest BCUT2D eigenvalue weighted by Crippen LogP contribution is 2.38. The number of hydrogen-bond donors (Lipinski definition) is 1. The Hall–Kier alpha value is -1.55. The number of fused-ring (bicyclic) bond motifs is 1. The smallest absolute Gasteiger partial charge is 0.407 e. The SMILES string of the molecule is CC(C)(C)OC(=O)N[C@@H]1CN(Cc2ccccc2)[C@@H]2CCC[C@@H]21. The quantitative estimate of drug-likeness (QED) is 0.927. The van der Waals surface area contributed by atoms with Crippen LogP contribution in [0.15, 0.2) is 30.3 Å². The third-order valence-corrected chi connectivity index (χ3v) is 4.88. The zero-order valence-electron chi connectivity index (χ0n) is 14.4. The van der Waals surface area contributed by atoms with Crippen molar-refractivity contribution in [1.29, 1.82) is 0 Å². The van der Waals surface area contributed by atoms with E-state index in [1.54, 1.807) is 0 Å². The van der Waals surface area contributed by atoms with Gasteiger partial charge in [0.2, 0.25) is 0 Å². The Morgan fingerprint density at radius 2 is 2.00 bits per heavy atom. The summed E-state index contributed by atoms with van der Waals surface area (Å²) in [6.07, 6.45) is 3.42. The van der Waals surface area contributed by atoms with E-state index < -0.39 is 5.60 Å². The first-order valence-electron chi connectivity index (χ1n) is 8.70. The molecule has 0 aromatic heterocycles. The molecule has 4 heteroatoms. The van der Waals surface area contributed by atoms with Crippen molar-refractivity contribution in [3.63, 3.8) is 0 Å². The first-order valence-corrected chi connectivity index (χ1v) is 8.70. The van der Waals surface area contributed by atoms with Gasteiger partial charge < -0.3 is 10.1 Å². The summed E-state index contributed by atoms with van der Waals surface area (Å²) in [5, 5.41) is 3.12. The van der Waals surface area contributed by atoms with Gasteiger partial charge in [-0.3, -0.25) is 4.90 Å². The maximum atomic E-state index is 12.1. The van der Waals surface area contributed by atoms with Gasteiger partial charge in [-0.25, -0.2) is 4.79 Å². The fourth-order valence-corrected chi connectivity index (χ4v) is 4.03. The van der Waals surface area contributed by atoms with Crippen LogP contribution in [0.2, 0.25) is 0 Å². The lowest BCUT2D eigenvalue weighted by Gasteiger charge is -2.23. The molecule has 0 spiro atoms. The van der Waals surface area contributed by atoms with Gasteiger partial charge in [0.05, 0.1) is 0 Å². The Labute approximate surface area is 139 Å². The lowest BCUT2D eigenvalue weighted by atomic mass is 9.99. The molecule has 2 fully saturated rings. The fraction of sp³-hybridized carbons (Fsp3) is 0.632. The van der Waals surface area contributed by atoms with Gasteiger partial charge in [-0.05, 0) is 45.1 Å². The minimum Gasteiger partial charge on any atom is -0.444 e. The molecule has 1 aliphatic carbocycles. The van der Waals surface area contributed by atoms with Crippen molar-refractivity contribution in [1.82, 2.24) is 10.2 Å². The molecular formula is C19H28N2O2. The molecular weight excluding hydrogens is 288 g/mol. The number of likely N-dealkylation sites (tertiary alicyclic amines) is 1. The molecule has 1 amide bonds. The van der Waals surface area contributed by atoms with Crippen LogP contribution in [0.3, 0.4) is 0 Å². The monoisotopic (exact) mass is 316 g/mol. The summed E-state index contributed by atoms with van der Waals surface area (Å²) >= 11 is 0. The molecule has 2 aliphatic rings. The number of amides is 1. The van der Waals surface area contributed by atoms with Crippen LogP contribution in [0.25, 0.3) is 0 Å². The first-order chi connectivity index (χ1) is 10.9. The van der Waals surface area contributed by atoms with Gasteiger partial charge in [-0.15, -0.1) is 0 Å². The van der Waals surface area contributed by atoms with Crippen LogP contribution in [0.5, 0.6) is 0 Å². The highest BCUT2D eigenvalue weighted by atomic mass is 16.6. The van der Waals surface area contributed by atoms with Crippen LogP contribution < -0.4 is 5.32 Å². The largest absolute Gasteiger partial charge is 0.444 e. The van der Waals surface area contributed by atoms with Crippen LogP contribution in [-0.4, -0.2) is 35.2 Å². The Kier molecular flexibility index (Phi) is 4.62. The number of ether oxygens (including phenoxy) is 1. The van der Waals surface area contributed by atoms with Crippen LogP contribution in [0.1, 0.15) is 45.6 Å². The molecule has 1 heterocycles. The standard InChI is InChI=1S/C19H28N2O2/c1-19(2,3)23-18(22)20-16-13-21(17-11-7-10-15(16)17)12-14-8-5-4-6-9-14/h4-6,8-9,15-17H,7,10-13H2,1-3H3,(H,20,22)/t15-,16-,17-/m1/s1. The van der Waals surface area contributed by atoms with Crippen LogP contribution >= 0.6 is 0 Å². The van der Waals surface area contributed by atoms with Crippen molar-refractivity contribution in [3.8, 4) is 0 Å². The van der Waals surface area contributed by atoms with Crippen molar-refractivity contribution in [3.05, 3.63) is 35.9 Å². The first kappa shape index (κ1) is 16.3. The minimum atomic E-state index is -0.443. The zero-order chi connectivity index (χ0) is 16.4. The molecule has 23 heavy (non-hydrogen) atoms. The maximum absolute atomic E-state index is 12.1. The molecule has 0 bridgehead atoms. The van der Waals surface area contributed by atoms with E-state index in [1.807, 2.05) is 20.8 Å². The van der Waals surface area contributed by atoms with E-state index in [-0.39, 0.29) is 12.1 Å². The third-order valence-electron chi connectivity index (χ3n) is 4.88. The number of nitrogens with one attached hydrogen (secondary N) is 1. The summed E-state index contributed by atoms with van der Waals surface area (Å²) in [5.74, 6) is 0.561. The van der Waals surface area contributed by atoms with Gasteiger partial charge in [0.15, 0.2) is 0 Å². The molecule has 1 saturated carbocycles. The predicted molar refractivity (Wildman–Crippen MR) is 91.1 cm³/mol. The minimum absolute atomic E-state index is 0.209. The summed E-state index contributed by atoms with van der Waals surface area (Å²) in [7, 11) is 0. The van der Waals surface area contributed by atoms with E-state index in [0.29, 0.717) is 12.0 Å². The Morgan fingerprint density at radius 3 is 2.70 bits per heavy atom. The van der Waals surface area contributed by atoms with Gasteiger partial charge >= 0.3 is 6.09 Å². The second-order valence-corrected chi connectivity index (χ2v) is 7.83. The number of nitrogens with zero attached hydrogens (tertiary/aromatic N) is 1. The van der Waals surface area contributed by atoms with Gasteiger partial charge in [0.1, 0.15) is 5.60 Å². The van der Waals surface area contributed by atoms with E-state index in [9.17, 15) is 4.79 Å². The number of hydrogen-bond acceptors (Lipinski definition) is 3. The second kappa shape index (κ2) is 6.52. The van der Waals surface area contributed by atoms with Crippen LogP contribution in [0.4, 0.5) is 4.79 Å². The second-order valence-electron chi connectivity index (χ2n) is 7.83. The van der Waals surface area contributed by atoms with E-state index in [1.165, 1.54) is 24.8 Å². The van der Waals surface area contributed by atoms with E-state index in [4.69, 9.17) is 4.74 Å². The highest BCUT2D eigenvalue weighted by Gasteiger charge is 2.45. The molecule has 0 radical (unpaired) electrons. The van der Waals surface area contributed by atoms with Crippen molar-refractivity contribution in [2.24, 2.45) is 5.92 Å². The predicted octanol–water partition coefficient (Wildman–Crippen LogP) is 3.56. The molecule has 126 valence electrons. The van der Waals surface area contributed by atoms with Gasteiger partial charge in [-0.2, -0.15) is 0 Å². The highest BCUT2D eigenvalue weighted by molar-refractivity contribution is 5.68. The summed E-state index contributed by atoms with van der Waals surface area (Å²) in [6, 6.07) is 11.4. The number of rotatable bonds is 3. The van der Waals surface area contributed by atoms with Gasteiger partial charge in [-0.1, -0.05) is 36.8 Å². The Morgan fingerprint density at radius 1 is 1.26 bits per heavy atom. The molecule has 1 aliphatic heterocycles. The number of carbonyl (C=O) groups is 1. The lowest BCUT2D eigenvalue weighted by Crippen LogP contribution is -2.43. The summed E-state index contributed by atoms with van der Waals surface area (Å²) < 4.78 is 5.43. The molecule has 0 unspecified atom stereocenters. The van der Waals surface area contributed by atoms with Crippen molar-refractivity contribution < 1.29 is 9.53 Å². The van der Waals surface area contributed by atoms with Gasteiger partial charge in [0, 0.05) is 25.2 Å². The summed E-state index contributed by atoms with van der Waals surface area (Å²) in [6.45, 7) is 7.60. The molecule has 3 rings (SSSR count). The number of alkyl carbamates (subject to hydrolysis) is 1. The zero-order valence-corrected chi connectivity index (χ0v) is 14.4. The summed E-state index contributed by atoms with van der Waals surface area (Å²) in [5.41, 5.74) is 0.901. The number of carbonyl (C=O) groups excluding carboxylic acids is 1. The molecule has 3 atom stereocenters. The average molecular weight is 316 g/mol. The lowest BCUT2D eigenvalue weighted by molar-refractivity contribution is 0.0495. The molecule has 4 nitrogen and oxygen atoms in total. The Bertz CT molecular complexity index is 538. The van der Waals surface area contributed by atoms with Crippen molar-refractivity contribution in [2.45, 2.75) is 64.3 Å². The van der Waals surface area contributed by atoms with Crippen LogP contribution in [0, 0.1) is 5.92 Å². The molecule has 1 aromatic carbocycles. The normalized spacial score (nSPS) is 27.7. The third kappa shape index (κ3) is 4.05. The van der Waals surface area contributed by atoms with E-state index >= 15 is 0 Å². The summed E-state index contributed by atoms with van der Waals surface area (Å²) in [4.78, 5) is 14.7. The van der Waals surface area contributed by atoms with E-state index in [2.05, 4.69) is 40.5 Å². The fourth-order valence-electron chi connectivity index (χ4n) is 4.03. The van der Waals surface area contributed by atoms with E-state index in [0.717, 1.165) is 13.1 Å². The number of benzene rings is 1. The topological polar surface area (TPSA) is 41.6 Å². The molecule has 1 aromatic rings. The molecule has 1 N–H and O–H groups in total. The van der Waals surface area contributed by atoms with Gasteiger partial charge in [0.25, 0.3) is 0 Å². The Balaban J connectivity index is 1.63. The maximum Gasteiger partial charge on any atom is 0.407 e. The van der Waals surface area contributed by atoms with Crippen molar-refractivity contribution >= 4 is 6.09 Å².